The van der Waals surface area contributed by atoms with Crippen LogP contribution < -0.4 is 15.4 Å². The Morgan fingerprint density at radius 3 is 2.65 bits per heavy atom. The van der Waals surface area contributed by atoms with E-state index < -0.39 is 0 Å². The van der Waals surface area contributed by atoms with E-state index in [9.17, 15) is 0 Å². The van der Waals surface area contributed by atoms with E-state index in [1.165, 1.54) is 5.56 Å². The van der Waals surface area contributed by atoms with Crippen LogP contribution in [0, 0.1) is 0 Å². The number of para-hydroxylation sites is 3. The summed E-state index contributed by atoms with van der Waals surface area (Å²) in [7, 11) is 0. The summed E-state index contributed by atoms with van der Waals surface area (Å²) in [6.07, 6.45) is 2.20. The molecule has 0 unspecified atom stereocenters. The maximum Gasteiger partial charge on any atom is 0.150 e. The lowest BCUT2D eigenvalue weighted by atomic mass is 9.90. The number of ether oxygens (including phenoxy) is 1. The van der Waals surface area contributed by atoms with Crippen molar-refractivity contribution in [3.8, 4) is 11.5 Å². The molecule has 0 amide bonds. The topological polar surface area (TPSA) is 38.5 Å². The van der Waals surface area contributed by atoms with Crippen molar-refractivity contribution in [2.24, 2.45) is 5.73 Å². The van der Waals surface area contributed by atoms with Crippen molar-refractivity contribution in [2.45, 2.75) is 24.9 Å². The van der Waals surface area contributed by atoms with Gasteiger partial charge >= 0.3 is 0 Å². The summed E-state index contributed by atoms with van der Waals surface area (Å²) < 4.78 is 6.15. The number of hydrogen-bond donors (Lipinski definition) is 1. The molecule has 0 aromatic heterocycles. The lowest BCUT2D eigenvalue weighted by Crippen LogP contribution is -2.45. The second-order valence-corrected chi connectivity index (χ2v) is 5.55. The van der Waals surface area contributed by atoms with Gasteiger partial charge in [0.2, 0.25) is 0 Å². The molecule has 3 nitrogen and oxygen atoms in total. The minimum Gasteiger partial charge on any atom is -0.455 e. The van der Waals surface area contributed by atoms with Gasteiger partial charge in [-0.3, -0.25) is 0 Å². The largest absolute Gasteiger partial charge is 0.455 e. The van der Waals surface area contributed by atoms with Crippen molar-refractivity contribution in [3.05, 3.63) is 54.1 Å². The first-order valence-electron chi connectivity index (χ1n) is 7.22. The third-order valence-corrected chi connectivity index (χ3v) is 4.31. The smallest absolute Gasteiger partial charge is 0.150 e. The predicted molar refractivity (Wildman–Crippen MR) is 80.3 cm³/mol. The van der Waals surface area contributed by atoms with Gasteiger partial charge in [-0.1, -0.05) is 30.3 Å². The van der Waals surface area contributed by atoms with Gasteiger partial charge in [0.1, 0.15) is 5.75 Å². The molecule has 2 aliphatic heterocycles. The maximum absolute atomic E-state index is 6.43. The second kappa shape index (κ2) is 4.53. The Kier molecular flexibility index (Phi) is 2.67. The zero-order valence-electron chi connectivity index (χ0n) is 11.3. The Hall–Kier alpha value is -2.00. The first-order chi connectivity index (χ1) is 9.84. The number of nitrogens with zero attached hydrogens (tertiary/aromatic N) is 1. The molecular formula is C17H18N2O. The summed E-state index contributed by atoms with van der Waals surface area (Å²) in [6, 6.07) is 16.9. The molecule has 0 spiro atoms. The van der Waals surface area contributed by atoms with Crippen LogP contribution in [0.2, 0.25) is 0 Å². The van der Waals surface area contributed by atoms with Crippen LogP contribution in [0.25, 0.3) is 0 Å². The summed E-state index contributed by atoms with van der Waals surface area (Å²) >= 11 is 0. The van der Waals surface area contributed by atoms with Gasteiger partial charge in [-0.2, -0.15) is 0 Å². The van der Waals surface area contributed by atoms with Gasteiger partial charge in [-0.05, 0) is 31.0 Å². The Balaban J connectivity index is 1.94. The monoisotopic (exact) mass is 266 g/mol. The van der Waals surface area contributed by atoms with Gasteiger partial charge in [0, 0.05) is 18.2 Å². The summed E-state index contributed by atoms with van der Waals surface area (Å²) in [4.78, 5) is 2.41. The molecule has 2 atom stereocenters. The van der Waals surface area contributed by atoms with E-state index in [4.69, 9.17) is 10.5 Å². The quantitative estimate of drug-likeness (QED) is 0.793. The first-order valence-corrected chi connectivity index (χ1v) is 7.22. The predicted octanol–water partition coefficient (Wildman–Crippen LogP) is 3.46. The van der Waals surface area contributed by atoms with Crippen molar-refractivity contribution in [3.63, 3.8) is 0 Å². The van der Waals surface area contributed by atoms with Crippen molar-refractivity contribution >= 4 is 5.69 Å². The van der Waals surface area contributed by atoms with Crippen LogP contribution >= 0.6 is 0 Å². The minimum absolute atomic E-state index is 0.152. The fourth-order valence-corrected chi connectivity index (χ4v) is 3.41. The Bertz CT molecular complexity index is 640. The Labute approximate surface area is 119 Å². The number of fused-ring (bicyclic) bond motifs is 5. The van der Waals surface area contributed by atoms with Crippen molar-refractivity contribution in [2.75, 3.05) is 11.4 Å². The molecule has 2 N–H and O–H groups in total. The van der Waals surface area contributed by atoms with E-state index in [2.05, 4.69) is 29.2 Å². The SMILES string of the molecule is N[C@H]1CCCN2c3ccccc3Oc3ccccc3[C@H]12. The van der Waals surface area contributed by atoms with Crippen LogP contribution in [0.1, 0.15) is 24.4 Å². The summed E-state index contributed by atoms with van der Waals surface area (Å²) in [5.41, 5.74) is 8.79. The molecule has 2 aromatic carbocycles. The van der Waals surface area contributed by atoms with E-state index in [1.807, 2.05) is 24.3 Å². The third-order valence-electron chi connectivity index (χ3n) is 4.31. The Morgan fingerprint density at radius 1 is 1.00 bits per heavy atom. The van der Waals surface area contributed by atoms with E-state index in [-0.39, 0.29) is 12.1 Å². The molecule has 20 heavy (non-hydrogen) atoms. The van der Waals surface area contributed by atoms with E-state index in [1.54, 1.807) is 0 Å². The van der Waals surface area contributed by atoms with Gasteiger partial charge in [-0.15, -0.1) is 0 Å². The van der Waals surface area contributed by atoms with Crippen LogP contribution in [-0.4, -0.2) is 12.6 Å². The van der Waals surface area contributed by atoms with E-state index >= 15 is 0 Å². The number of piperidine rings is 1. The molecule has 2 heterocycles. The van der Waals surface area contributed by atoms with Gasteiger partial charge in [-0.25, -0.2) is 0 Å². The fourth-order valence-electron chi connectivity index (χ4n) is 3.41. The lowest BCUT2D eigenvalue weighted by molar-refractivity contribution is 0.408. The highest BCUT2D eigenvalue weighted by Gasteiger charge is 2.35. The molecule has 2 aromatic rings. The number of anilines is 1. The van der Waals surface area contributed by atoms with Crippen LogP contribution in [0.4, 0.5) is 5.69 Å². The lowest BCUT2D eigenvalue weighted by Gasteiger charge is -2.40. The zero-order chi connectivity index (χ0) is 13.5. The maximum atomic E-state index is 6.43. The molecule has 102 valence electrons. The van der Waals surface area contributed by atoms with Gasteiger partial charge < -0.3 is 15.4 Å². The van der Waals surface area contributed by atoms with Crippen LogP contribution in [0.3, 0.4) is 0 Å². The average molecular weight is 266 g/mol. The van der Waals surface area contributed by atoms with E-state index in [0.29, 0.717) is 0 Å². The molecule has 1 saturated heterocycles. The highest BCUT2D eigenvalue weighted by Crippen LogP contribution is 2.46. The third kappa shape index (κ3) is 1.70. The summed E-state index contributed by atoms with van der Waals surface area (Å²) in [5, 5.41) is 0. The zero-order valence-corrected chi connectivity index (χ0v) is 11.3. The van der Waals surface area contributed by atoms with Crippen LogP contribution in [0.5, 0.6) is 11.5 Å². The van der Waals surface area contributed by atoms with Crippen LogP contribution in [0.15, 0.2) is 48.5 Å². The van der Waals surface area contributed by atoms with Gasteiger partial charge in [0.05, 0.1) is 11.7 Å². The number of hydrogen-bond acceptors (Lipinski definition) is 3. The number of rotatable bonds is 0. The first kappa shape index (κ1) is 11.8. The number of nitrogens with two attached hydrogens (primary N) is 1. The van der Waals surface area contributed by atoms with E-state index in [0.717, 1.165) is 36.6 Å². The molecule has 3 heteroatoms. The normalized spacial score (nSPS) is 23.9. The van der Waals surface area contributed by atoms with Gasteiger partial charge in [0.15, 0.2) is 5.75 Å². The molecule has 4 rings (SSSR count). The standard InChI is InChI=1S/C17H18N2O/c18-13-7-5-11-19-14-8-2-4-10-16(14)20-15-9-3-1-6-12(15)17(13)19/h1-4,6,8-10,13,17H,5,7,11,18H2/t13-,17+/m0/s1. The minimum atomic E-state index is 0.152. The molecule has 0 aliphatic carbocycles. The summed E-state index contributed by atoms with van der Waals surface area (Å²) in [5.74, 6) is 1.86. The second-order valence-electron chi connectivity index (χ2n) is 5.55. The van der Waals surface area contributed by atoms with Crippen molar-refractivity contribution in [1.29, 1.82) is 0 Å². The number of benzene rings is 2. The van der Waals surface area contributed by atoms with Gasteiger partial charge in [0.25, 0.3) is 0 Å². The highest BCUT2D eigenvalue weighted by atomic mass is 16.5. The fraction of sp³-hybridized carbons (Fsp3) is 0.294. The average Bonchev–Trinajstić information content (AvgIpc) is 2.62. The highest BCUT2D eigenvalue weighted by molar-refractivity contribution is 5.64. The molecular weight excluding hydrogens is 248 g/mol. The van der Waals surface area contributed by atoms with Crippen molar-refractivity contribution < 1.29 is 4.74 Å². The summed E-state index contributed by atoms with van der Waals surface area (Å²) in [6.45, 7) is 1.03. The molecule has 2 aliphatic rings. The van der Waals surface area contributed by atoms with Crippen LogP contribution in [-0.2, 0) is 0 Å². The van der Waals surface area contributed by atoms with Crippen molar-refractivity contribution in [1.82, 2.24) is 0 Å². The molecule has 0 bridgehead atoms. The molecule has 0 saturated carbocycles. The molecule has 1 fully saturated rings. The molecule has 0 radical (unpaired) electrons. The Morgan fingerprint density at radius 2 is 1.75 bits per heavy atom.